The number of amides is 1. The average molecular weight is 365 g/mol. The van der Waals surface area contributed by atoms with Gasteiger partial charge in [0.1, 0.15) is 11.8 Å². The quantitative estimate of drug-likeness (QED) is 0.883. The summed E-state index contributed by atoms with van der Waals surface area (Å²) < 4.78 is 6.58. The van der Waals surface area contributed by atoms with Gasteiger partial charge in [-0.15, -0.1) is 11.3 Å². The fraction of sp³-hybridized carbons (Fsp3) is 0.200. The molecule has 1 atom stereocenters. The van der Waals surface area contributed by atoms with E-state index < -0.39 is 6.10 Å². The minimum atomic E-state index is -0.664. The van der Waals surface area contributed by atoms with Crippen molar-refractivity contribution in [2.75, 3.05) is 0 Å². The molecule has 2 rings (SSSR count). The molecule has 0 saturated carbocycles. The Hall–Kier alpha value is -1.84. The van der Waals surface area contributed by atoms with Crippen LogP contribution in [-0.4, -0.2) is 12.0 Å². The lowest BCUT2D eigenvalue weighted by atomic mass is 10.2. The van der Waals surface area contributed by atoms with E-state index in [1.807, 2.05) is 18.2 Å². The molecule has 21 heavy (non-hydrogen) atoms. The van der Waals surface area contributed by atoms with E-state index in [0.29, 0.717) is 17.9 Å². The Labute approximate surface area is 135 Å². The van der Waals surface area contributed by atoms with Crippen LogP contribution in [0, 0.1) is 11.3 Å². The zero-order chi connectivity index (χ0) is 15.2. The standard InChI is InChI=1S/C15H13BrN2O2S/c1-10(20-13-5-3-2-4-11(13)8-17)15(19)18-9-12-6-7-14(16)21-12/h2-7,10H,9H2,1H3,(H,18,19). The topological polar surface area (TPSA) is 62.1 Å². The number of nitriles is 1. The molecule has 1 heterocycles. The monoisotopic (exact) mass is 364 g/mol. The maximum Gasteiger partial charge on any atom is 0.261 e. The van der Waals surface area contributed by atoms with Gasteiger partial charge in [0.15, 0.2) is 6.10 Å². The predicted octanol–water partition coefficient (Wildman–Crippen LogP) is 3.47. The van der Waals surface area contributed by atoms with Gasteiger partial charge in [0.25, 0.3) is 5.91 Å². The molecule has 0 radical (unpaired) electrons. The number of halogens is 1. The highest BCUT2D eigenvalue weighted by Crippen LogP contribution is 2.22. The van der Waals surface area contributed by atoms with Crippen LogP contribution in [0.2, 0.25) is 0 Å². The van der Waals surface area contributed by atoms with Crippen LogP contribution in [-0.2, 0) is 11.3 Å². The number of ether oxygens (including phenoxy) is 1. The highest BCUT2D eigenvalue weighted by Gasteiger charge is 2.16. The smallest absolute Gasteiger partial charge is 0.261 e. The minimum Gasteiger partial charge on any atom is -0.480 e. The number of benzene rings is 1. The van der Waals surface area contributed by atoms with Gasteiger partial charge >= 0.3 is 0 Å². The van der Waals surface area contributed by atoms with E-state index >= 15 is 0 Å². The molecule has 108 valence electrons. The summed E-state index contributed by atoms with van der Waals surface area (Å²) in [7, 11) is 0. The largest absolute Gasteiger partial charge is 0.480 e. The van der Waals surface area contributed by atoms with Crippen molar-refractivity contribution < 1.29 is 9.53 Å². The Balaban J connectivity index is 1.92. The second-order valence-corrected chi connectivity index (χ2v) is 6.84. The molecule has 1 aromatic carbocycles. The van der Waals surface area contributed by atoms with Crippen LogP contribution >= 0.6 is 27.3 Å². The van der Waals surface area contributed by atoms with Gasteiger partial charge in [-0.25, -0.2) is 0 Å². The molecule has 0 aliphatic heterocycles. The van der Waals surface area contributed by atoms with E-state index in [0.717, 1.165) is 8.66 Å². The molecule has 0 spiro atoms. The van der Waals surface area contributed by atoms with E-state index in [1.165, 1.54) is 0 Å². The predicted molar refractivity (Wildman–Crippen MR) is 85.1 cm³/mol. The van der Waals surface area contributed by atoms with Gasteiger partial charge in [-0.3, -0.25) is 4.79 Å². The Morgan fingerprint density at radius 1 is 1.43 bits per heavy atom. The number of hydrogen-bond donors (Lipinski definition) is 1. The molecule has 1 amide bonds. The maximum absolute atomic E-state index is 12.0. The first kappa shape index (κ1) is 15.5. The Bertz CT molecular complexity index is 678. The van der Waals surface area contributed by atoms with E-state index in [4.69, 9.17) is 10.00 Å². The molecular weight excluding hydrogens is 352 g/mol. The molecule has 0 fully saturated rings. The molecule has 4 nitrogen and oxygen atoms in total. The number of para-hydroxylation sites is 1. The van der Waals surface area contributed by atoms with Gasteiger partial charge in [-0.05, 0) is 47.1 Å². The molecule has 0 aliphatic rings. The zero-order valence-corrected chi connectivity index (χ0v) is 13.7. The number of thiophene rings is 1. The fourth-order valence-electron chi connectivity index (χ4n) is 1.67. The molecule has 1 N–H and O–H groups in total. The van der Waals surface area contributed by atoms with Gasteiger partial charge in [0.05, 0.1) is 15.9 Å². The second-order valence-electron chi connectivity index (χ2n) is 4.29. The van der Waals surface area contributed by atoms with E-state index in [1.54, 1.807) is 42.5 Å². The van der Waals surface area contributed by atoms with Crippen molar-refractivity contribution in [1.82, 2.24) is 5.32 Å². The molecule has 1 aromatic heterocycles. The molecule has 1 unspecified atom stereocenters. The van der Waals surface area contributed by atoms with Crippen LogP contribution in [0.4, 0.5) is 0 Å². The lowest BCUT2D eigenvalue weighted by Gasteiger charge is -2.15. The van der Waals surface area contributed by atoms with E-state index in [-0.39, 0.29) is 5.91 Å². The van der Waals surface area contributed by atoms with Crippen molar-refractivity contribution in [3.8, 4) is 11.8 Å². The summed E-state index contributed by atoms with van der Waals surface area (Å²) in [6.07, 6.45) is -0.664. The Morgan fingerprint density at radius 3 is 2.86 bits per heavy atom. The maximum atomic E-state index is 12.0. The molecule has 0 saturated heterocycles. The first-order valence-electron chi connectivity index (χ1n) is 6.28. The summed E-state index contributed by atoms with van der Waals surface area (Å²) in [6, 6.07) is 12.8. The summed E-state index contributed by atoms with van der Waals surface area (Å²) in [5, 5.41) is 11.8. The number of hydrogen-bond acceptors (Lipinski definition) is 4. The van der Waals surface area contributed by atoms with Crippen LogP contribution in [0.25, 0.3) is 0 Å². The van der Waals surface area contributed by atoms with Crippen LogP contribution in [0.5, 0.6) is 5.75 Å². The summed E-state index contributed by atoms with van der Waals surface area (Å²) >= 11 is 4.95. The normalized spacial score (nSPS) is 11.5. The van der Waals surface area contributed by atoms with Gasteiger partial charge in [0, 0.05) is 4.88 Å². The number of nitrogens with one attached hydrogen (secondary N) is 1. The van der Waals surface area contributed by atoms with Crippen LogP contribution in [0.1, 0.15) is 17.4 Å². The molecule has 6 heteroatoms. The molecule has 0 bridgehead atoms. The Kier molecular flexibility index (Phi) is 5.37. The number of rotatable bonds is 5. The summed E-state index contributed by atoms with van der Waals surface area (Å²) in [5.74, 6) is 0.203. The first-order valence-corrected chi connectivity index (χ1v) is 7.89. The summed E-state index contributed by atoms with van der Waals surface area (Å²) in [6.45, 7) is 2.12. The third kappa shape index (κ3) is 4.31. The average Bonchev–Trinajstić information content (AvgIpc) is 2.91. The molecule has 0 aliphatic carbocycles. The number of carbonyl (C=O) groups excluding carboxylic acids is 1. The summed E-state index contributed by atoms with van der Waals surface area (Å²) in [5.41, 5.74) is 0.416. The van der Waals surface area contributed by atoms with Crippen molar-refractivity contribution in [3.63, 3.8) is 0 Å². The first-order chi connectivity index (χ1) is 10.1. The zero-order valence-electron chi connectivity index (χ0n) is 11.3. The van der Waals surface area contributed by atoms with Gasteiger partial charge in [0.2, 0.25) is 0 Å². The molecule has 2 aromatic rings. The SMILES string of the molecule is CC(Oc1ccccc1C#N)C(=O)NCc1ccc(Br)s1. The Morgan fingerprint density at radius 2 is 2.19 bits per heavy atom. The van der Waals surface area contributed by atoms with Crippen LogP contribution in [0.15, 0.2) is 40.2 Å². The van der Waals surface area contributed by atoms with Crippen molar-refractivity contribution >= 4 is 33.2 Å². The lowest BCUT2D eigenvalue weighted by Crippen LogP contribution is -2.35. The third-order valence-corrected chi connectivity index (χ3v) is 4.37. The van der Waals surface area contributed by atoms with Crippen molar-refractivity contribution in [1.29, 1.82) is 5.26 Å². The fourth-order valence-corrected chi connectivity index (χ4v) is 3.09. The van der Waals surface area contributed by atoms with Gasteiger partial charge < -0.3 is 10.1 Å². The van der Waals surface area contributed by atoms with Gasteiger partial charge in [-0.2, -0.15) is 5.26 Å². The highest BCUT2D eigenvalue weighted by atomic mass is 79.9. The van der Waals surface area contributed by atoms with E-state index in [9.17, 15) is 4.79 Å². The lowest BCUT2D eigenvalue weighted by molar-refractivity contribution is -0.127. The van der Waals surface area contributed by atoms with Crippen molar-refractivity contribution in [3.05, 3.63) is 50.6 Å². The van der Waals surface area contributed by atoms with Crippen LogP contribution in [0.3, 0.4) is 0 Å². The van der Waals surface area contributed by atoms with E-state index in [2.05, 4.69) is 21.2 Å². The molecular formula is C15H13BrN2O2S. The highest BCUT2D eigenvalue weighted by molar-refractivity contribution is 9.11. The second kappa shape index (κ2) is 7.25. The third-order valence-electron chi connectivity index (χ3n) is 2.75. The number of nitrogens with zero attached hydrogens (tertiary/aromatic N) is 1. The van der Waals surface area contributed by atoms with Crippen LogP contribution < -0.4 is 10.1 Å². The summed E-state index contributed by atoms with van der Waals surface area (Å²) in [4.78, 5) is 13.1. The minimum absolute atomic E-state index is 0.215. The number of carbonyl (C=O) groups is 1. The van der Waals surface area contributed by atoms with Crippen molar-refractivity contribution in [2.24, 2.45) is 0 Å². The van der Waals surface area contributed by atoms with Gasteiger partial charge in [-0.1, -0.05) is 12.1 Å². The van der Waals surface area contributed by atoms with Crippen molar-refractivity contribution in [2.45, 2.75) is 19.6 Å².